The number of rotatable bonds is 2. The average molecular weight is 269 g/mol. The van der Waals surface area contributed by atoms with E-state index >= 15 is 0 Å². The molecule has 2 heteroatoms. The molecular weight excluding hydrogens is 249 g/mol. The molecule has 0 radical (unpaired) electrons. The van der Waals surface area contributed by atoms with Crippen molar-refractivity contribution in [1.29, 1.82) is 0 Å². The summed E-state index contributed by atoms with van der Waals surface area (Å²) in [5, 5.41) is 3.72. The lowest BCUT2D eigenvalue weighted by atomic mass is 9.83. The van der Waals surface area contributed by atoms with E-state index in [1.54, 1.807) is 12.1 Å². The van der Waals surface area contributed by atoms with E-state index < -0.39 is 0 Å². The fourth-order valence-electron chi connectivity index (χ4n) is 2.96. The van der Waals surface area contributed by atoms with Crippen molar-refractivity contribution in [3.63, 3.8) is 0 Å². The summed E-state index contributed by atoms with van der Waals surface area (Å²) in [4.78, 5) is 0. The third-order valence-electron chi connectivity index (χ3n) is 4.19. The Morgan fingerprint density at radius 3 is 2.45 bits per heavy atom. The molecule has 0 aliphatic carbocycles. The summed E-state index contributed by atoms with van der Waals surface area (Å²) in [5.41, 5.74) is 3.85. The maximum Gasteiger partial charge on any atom is 0.123 e. The second-order valence-corrected chi connectivity index (χ2v) is 5.90. The average Bonchev–Trinajstić information content (AvgIpc) is 2.47. The predicted octanol–water partition coefficient (Wildman–Crippen LogP) is 4.09. The fourth-order valence-corrected chi connectivity index (χ4v) is 2.96. The first-order valence-electron chi connectivity index (χ1n) is 7.24. The van der Waals surface area contributed by atoms with E-state index in [0.29, 0.717) is 12.0 Å². The van der Waals surface area contributed by atoms with Crippen LogP contribution in [0.4, 0.5) is 4.39 Å². The zero-order valence-corrected chi connectivity index (χ0v) is 11.9. The van der Waals surface area contributed by atoms with Crippen molar-refractivity contribution in [3.8, 4) is 0 Å². The van der Waals surface area contributed by atoms with Crippen LogP contribution in [0.3, 0.4) is 0 Å². The van der Waals surface area contributed by atoms with Gasteiger partial charge in [-0.1, -0.05) is 50.2 Å². The molecular formula is C18H20FN. The predicted molar refractivity (Wildman–Crippen MR) is 80.2 cm³/mol. The lowest BCUT2D eigenvalue weighted by molar-refractivity contribution is 0.352. The molecule has 0 spiro atoms. The van der Waals surface area contributed by atoms with Gasteiger partial charge >= 0.3 is 0 Å². The molecule has 1 nitrogen and oxygen atoms in total. The number of hydrogen-bond donors (Lipinski definition) is 1. The first-order chi connectivity index (χ1) is 9.65. The van der Waals surface area contributed by atoms with Crippen LogP contribution in [0.15, 0.2) is 48.5 Å². The summed E-state index contributed by atoms with van der Waals surface area (Å²) < 4.78 is 13.1. The normalized spacial score (nSPS) is 21.8. The Balaban J connectivity index is 2.02. The van der Waals surface area contributed by atoms with Crippen LogP contribution in [0.5, 0.6) is 0 Å². The van der Waals surface area contributed by atoms with Gasteiger partial charge in [0.05, 0.1) is 6.04 Å². The van der Waals surface area contributed by atoms with Crippen molar-refractivity contribution in [3.05, 3.63) is 71.0 Å². The standard InChI is InChI=1S/C18H20FN/c1-12(2)17-11-14-5-3-4-6-16(14)18(20-17)13-7-9-15(19)10-8-13/h3-10,12,17-18,20H,11H2,1-2H3. The summed E-state index contributed by atoms with van der Waals surface area (Å²) in [7, 11) is 0. The molecule has 0 amide bonds. The first-order valence-corrected chi connectivity index (χ1v) is 7.24. The largest absolute Gasteiger partial charge is 0.303 e. The summed E-state index contributed by atoms with van der Waals surface area (Å²) in [6, 6.07) is 16.0. The fraction of sp³-hybridized carbons (Fsp3) is 0.333. The van der Waals surface area contributed by atoms with E-state index in [9.17, 15) is 4.39 Å². The molecule has 0 fully saturated rings. The van der Waals surface area contributed by atoms with Gasteiger partial charge < -0.3 is 5.32 Å². The van der Waals surface area contributed by atoms with E-state index in [1.165, 1.54) is 11.1 Å². The van der Waals surface area contributed by atoms with Crippen LogP contribution in [-0.4, -0.2) is 6.04 Å². The number of nitrogens with one attached hydrogen (secondary N) is 1. The second kappa shape index (κ2) is 5.37. The summed E-state index contributed by atoms with van der Waals surface area (Å²) >= 11 is 0. The highest BCUT2D eigenvalue weighted by Gasteiger charge is 2.28. The quantitative estimate of drug-likeness (QED) is 0.866. The Labute approximate surface area is 119 Å². The van der Waals surface area contributed by atoms with Gasteiger partial charge in [-0.25, -0.2) is 4.39 Å². The van der Waals surface area contributed by atoms with Crippen molar-refractivity contribution in [2.24, 2.45) is 5.92 Å². The molecule has 104 valence electrons. The van der Waals surface area contributed by atoms with Gasteiger partial charge in [0.2, 0.25) is 0 Å². The van der Waals surface area contributed by atoms with Crippen LogP contribution in [0.2, 0.25) is 0 Å². The molecule has 0 bridgehead atoms. The van der Waals surface area contributed by atoms with Gasteiger partial charge in [0.1, 0.15) is 5.82 Å². The summed E-state index contributed by atoms with van der Waals surface area (Å²) in [6.45, 7) is 4.49. The van der Waals surface area contributed by atoms with E-state index in [4.69, 9.17) is 0 Å². The Morgan fingerprint density at radius 2 is 1.75 bits per heavy atom. The third-order valence-corrected chi connectivity index (χ3v) is 4.19. The molecule has 0 aromatic heterocycles. The van der Waals surface area contributed by atoms with Gasteiger partial charge in [0.15, 0.2) is 0 Å². The van der Waals surface area contributed by atoms with Crippen molar-refractivity contribution < 1.29 is 4.39 Å². The molecule has 0 saturated heterocycles. The van der Waals surface area contributed by atoms with E-state index in [2.05, 4.69) is 43.4 Å². The molecule has 2 aromatic rings. The van der Waals surface area contributed by atoms with Gasteiger partial charge in [-0.05, 0) is 41.2 Å². The number of hydrogen-bond acceptors (Lipinski definition) is 1. The molecule has 20 heavy (non-hydrogen) atoms. The summed E-state index contributed by atoms with van der Waals surface area (Å²) in [6.07, 6.45) is 1.06. The highest BCUT2D eigenvalue weighted by atomic mass is 19.1. The minimum atomic E-state index is -0.182. The maximum atomic E-state index is 13.1. The lowest BCUT2D eigenvalue weighted by Gasteiger charge is -2.35. The van der Waals surface area contributed by atoms with Crippen LogP contribution in [-0.2, 0) is 6.42 Å². The molecule has 1 N–H and O–H groups in total. The topological polar surface area (TPSA) is 12.0 Å². The van der Waals surface area contributed by atoms with Crippen molar-refractivity contribution >= 4 is 0 Å². The Bertz CT molecular complexity index is 589. The molecule has 1 aliphatic rings. The van der Waals surface area contributed by atoms with Crippen molar-refractivity contribution in [2.75, 3.05) is 0 Å². The SMILES string of the molecule is CC(C)C1Cc2ccccc2C(c2ccc(F)cc2)N1. The highest BCUT2D eigenvalue weighted by Crippen LogP contribution is 2.32. The van der Waals surface area contributed by atoms with Gasteiger partial charge in [0, 0.05) is 6.04 Å². The molecule has 1 aliphatic heterocycles. The van der Waals surface area contributed by atoms with Gasteiger partial charge in [-0.2, -0.15) is 0 Å². The first kappa shape index (κ1) is 13.3. The molecule has 1 heterocycles. The molecule has 0 saturated carbocycles. The highest BCUT2D eigenvalue weighted by molar-refractivity contribution is 5.40. The molecule has 2 atom stereocenters. The number of fused-ring (bicyclic) bond motifs is 1. The number of halogens is 1. The van der Waals surface area contributed by atoms with E-state index in [-0.39, 0.29) is 11.9 Å². The van der Waals surface area contributed by atoms with E-state index in [1.807, 2.05) is 12.1 Å². The zero-order valence-electron chi connectivity index (χ0n) is 11.9. The van der Waals surface area contributed by atoms with Gasteiger partial charge in [-0.3, -0.25) is 0 Å². The molecule has 3 rings (SSSR count). The second-order valence-electron chi connectivity index (χ2n) is 5.90. The van der Waals surface area contributed by atoms with Crippen LogP contribution < -0.4 is 5.32 Å². The monoisotopic (exact) mass is 269 g/mol. The minimum absolute atomic E-state index is 0.160. The third kappa shape index (κ3) is 2.48. The maximum absolute atomic E-state index is 13.1. The van der Waals surface area contributed by atoms with Gasteiger partial charge in [0.25, 0.3) is 0 Å². The smallest absolute Gasteiger partial charge is 0.123 e. The lowest BCUT2D eigenvalue weighted by Crippen LogP contribution is -2.43. The van der Waals surface area contributed by atoms with Crippen LogP contribution in [0.1, 0.15) is 36.6 Å². The van der Waals surface area contributed by atoms with Crippen molar-refractivity contribution in [1.82, 2.24) is 5.32 Å². The Morgan fingerprint density at radius 1 is 1.05 bits per heavy atom. The summed E-state index contributed by atoms with van der Waals surface area (Å²) in [5.74, 6) is 0.393. The van der Waals surface area contributed by atoms with Crippen LogP contribution in [0, 0.1) is 11.7 Å². The van der Waals surface area contributed by atoms with Crippen LogP contribution >= 0.6 is 0 Å². The zero-order chi connectivity index (χ0) is 14.1. The Kier molecular flexibility index (Phi) is 3.58. The van der Waals surface area contributed by atoms with Crippen LogP contribution in [0.25, 0.3) is 0 Å². The molecule has 2 unspecified atom stereocenters. The molecule has 2 aromatic carbocycles. The van der Waals surface area contributed by atoms with Crippen molar-refractivity contribution in [2.45, 2.75) is 32.4 Å². The van der Waals surface area contributed by atoms with Gasteiger partial charge in [-0.15, -0.1) is 0 Å². The minimum Gasteiger partial charge on any atom is -0.303 e. The Hall–Kier alpha value is -1.67. The van der Waals surface area contributed by atoms with E-state index in [0.717, 1.165) is 12.0 Å². The number of benzene rings is 2.